The van der Waals surface area contributed by atoms with Gasteiger partial charge in [0, 0.05) is 16.3 Å². The number of sulfonamides is 1. The standard InChI is InChI=1S/C21H15ClF3N3O3S/c22-17-8-10-18(11-9-17)28-32(30,31)19-3-1-2-15(12-19)20(29)27-26-13-14-4-6-16(7-5-14)21(23,24)25/h1-13,28H,(H,27,29). The minimum atomic E-state index is -4.45. The van der Waals surface area contributed by atoms with Gasteiger partial charge in [-0.3, -0.25) is 9.52 Å². The average Bonchev–Trinajstić information content (AvgIpc) is 2.75. The number of amides is 1. The lowest BCUT2D eigenvalue weighted by molar-refractivity contribution is -0.137. The zero-order valence-corrected chi connectivity index (χ0v) is 17.7. The van der Waals surface area contributed by atoms with E-state index < -0.39 is 27.7 Å². The molecule has 0 saturated carbocycles. The van der Waals surface area contributed by atoms with Crippen molar-refractivity contribution in [1.29, 1.82) is 0 Å². The van der Waals surface area contributed by atoms with E-state index in [4.69, 9.17) is 11.6 Å². The minimum absolute atomic E-state index is 0.0218. The molecule has 0 aliphatic heterocycles. The Balaban J connectivity index is 1.68. The van der Waals surface area contributed by atoms with Crippen molar-refractivity contribution < 1.29 is 26.4 Å². The molecule has 1 amide bonds. The third-order valence-electron chi connectivity index (χ3n) is 4.12. The first-order chi connectivity index (χ1) is 15.0. The molecule has 0 bridgehead atoms. The molecule has 0 saturated heterocycles. The Kier molecular flexibility index (Phi) is 6.85. The largest absolute Gasteiger partial charge is 0.416 e. The maximum atomic E-state index is 12.6. The molecule has 6 nitrogen and oxygen atoms in total. The molecule has 3 rings (SSSR count). The maximum absolute atomic E-state index is 12.6. The second-order valence-corrected chi connectivity index (χ2v) is 8.58. The molecular weight excluding hydrogens is 467 g/mol. The molecule has 0 spiro atoms. The maximum Gasteiger partial charge on any atom is 0.416 e. The Morgan fingerprint density at radius 3 is 2.25 bits per heavy atom. The molecular formula is C21H15ClF3N3O3S. The highest BCUT2D eigenvalue weighted by Gasteiger charge is 2.29. The molecule has 2 N–H and O–H groups in total. The molecule has 0 radical (unpaired) electrons. The van der Waals surface area contributed by atoms with E-state index in [0.29, 0.717) is 16.3 Å². The van der Waals surface area contributed by atoms with Gasteiger partial charge in [0.05, 0.1) is 16.7 Å². The number of nitrogens with one attached hydrogen (secondary N) is 2. The quantitative estimate of drug-likeness (QED) is 0.387. The number of hydrazone groups is 1. The van der Waals surface area contributed by atoms with E-state index in [0.717, 1.165) is 12.1 Å². The third-order valence-corrected chi connectivity index (χ3v) is 5.75. The molecule has 32 heavy (non-hydrogen) atoms. The van der Waals surface area contributed by atoms with Gasteiger partial charge in [0.25, 0.3) is 15.9 Å². The van der Waals surface area contributed by atoms with Gasteiger partial charge in [-0.15, -0.1) is 0 Å². The molecule has 0 fully saturated rings. The fraction of sp³-hybridized carbons (Fsp3) is 0.0476. The zero-order valence-electron chi connectivity index (χ0n) is 16.1. The van der Waals surface area contributed by atoms with Crippen LogP contribution in [-0.4, -0.2) is 20.5 Å². The molecule has 11 heteroatoms. The molecule has 0 heterocycles. The minimum Gasteiger partial charge on any atom is -0.280 e. The summed E-state index contributed by atoms with van der Waals surface area (Å²) in [5, 5.41) is 4.14. The van der Waals surface area contributed by atoms with E-state index in [2.05, 4.69) is 15.2 Å². The van der Waals surface area contributed by atoms with E-state index in [-0.39, 0.29) is 10.5 Å². The predicted octanol–water partition coefficient (Wildman–Crippen LogP) is 4.92. The van der Waals surface area contributed by atoms with Crippen LogP contribution in [0.5, 0.6) is 0 Å². The number of rotatable bonds is 6. The topological polar surface area (TPSA) is 87.6 Å². The number of carbonyl (C=O) groups excluding carboxylic acids is 1. The molecule has 0 aliphatic rings. The van der Waals surface area contributed by atoms with Crippen LogP contribution in [0.15, 0.2) is 82.8 Å². The van der Waals surface area contributed by atoms with Crippen molar-refractivity contribution in [2.75, 3.05) is 4.72 Å². The Bertz CT molecular complexity index is 1240. The number of benzene rings is 3. The highest BCUT2D eigenvalue weighted by Crippen LogP contribution is 2.28. The molecule has 3 aromatic rings. The number of anilines is 1. The number of alkyl halides is 3. The van der Waals surface area contributed by atoms with Crippen molar-refractivity contribution in [3.63, 3.8) is 0 Å². The normalized spacial score (nSPS) is 12.0. The molecule has 0 aromatic heterocycles. The van der Waals surface area contributed by atoms with Crippen molar-refractivity contribution in [3.8, 4) is 0 Å². The lowest BCUT2D eigenvalue weighted by Gasteiger charge is -2.09. The Morgan fingerprint density at radius 2 is 1.62 bits per heavy atom. The molecule has 3 aromatic carbocycles. The number of hydrogen-bond donors (Lipinski definition) is 2. The summed E-state index contributed by atoms with van der Waals surface area (Å²) in [5.41, 5.74) is 2.06. The van der Waals surface area contributed by atoms with Gasteiger partial charge in [0.2, 0.25) is 0 Å². The van der Waals surface area contributed by atoms with Crippen LogP contribution in [0, 0.1) is 0 Å². The van der Waals surface area contributed by atoms with E-state index in [1.807, 2.05) is 0 Å². The molecule has 0 aliphatic carbocycles. The lowest BCUT2D eigenvalue weighted by atomic mass is 10.1. The number of nitrogens with zero attached hydrogens (tertiary/aromatic N) is 1. The highest BCUT2D eigenvalue weighted by atomic mass is 35.5. The van der Waals surface area contributed by atoms with Gasteiger partial charge in [-0.05, 0) is 60.2 Å². The van der Waals surface area contributed by atoms with Crippen LogP contribution in [0.4, 0.5) is 18.9 Å². The molecule has 0 atom stereocenters. The van der Waals surface area contributed by atoms with Crippen LogP contribution in [0.25, 0.3) is 0 Å². The first-order valence-electron chi connectivity index (χ1n) is 8.94. The van der Waals surface area contributed by atoms with Crippen LogP contribution >= 0.6 is 11.6 Å². The van der Waals surface area contributed by atoms with Crippen LogP contribution in [0.1, 0.15) is 21.5 Å². The lowest BCUT2D eigenvalue weighted by Crippen LogP contribution is -2.19. The smallest absolute Gasteiger partial charge is 0.280 e. The fourth-order valence-corrected chi connectivity index (χ4v) is 3.75. The van der Waals surface area contributed by atoms with Crippen molar-refractivity contribution in [2.24, 2.45) is 5.10 Å². The van der Waals surface area contributed by atoms with Gasteiger partial charge in [-0.2, -0.15) is 18.3 Å². The van der Waals surface area contributed by atoms with E-state index in [9.17, 15) is 26.4 Å². The van der Waals surface area contributed by atoms with Crippen LogP contribution in [-0.2, 0) is 16.2 Å². The number of hydrogen-bond acceptors (Lipinski definition) is 4. The highest BCUT2D eigenvalue weighted by molar-refractivity contribution is 7.92. The Labute approximate surface area is 186 Å². The van der Waals surface area contributed by atoms with Gasteiger partial charge in [0.1, 0.15) is 0 Å². The summed E-state index contributed by atoms with van der Waals surface area (Å²) in [4.78, 5) is 12.1. The third kappa shape index (κ3) is 6.08. The summed E-state index contributed by atoms with van der Waals surface area (Å²) >= 11 is 5.78. The summed E-state index contributed by atoms with van der Waals surface area (Å²) in [6.07, 6.45) is -3.28. The first kappa shape index (κ1) is 23.3. The summed E-state index contributed by atoms with van der Waals surface area (Å²) < 4.78 is 65.3. The second-order valence-electron chi connectivity index (χ2n) is 6.46. The first-order valence-corrected chi connectivity index (χ1v) is 10.8. The summed E-state index contributed by atoms with van der Waals surface area (Å²) in [5.74, 6) is -0.697. The summed E-state index contributed by atoms with van der Waals surface area (Å²) in [7, 11) is -3.97. The van der Waals surface area contributed by atoms with Gasteiger partial charge in [-0.25, -0.2) is 13.8 Å². The second kappa shape index (κ2) is 9.41. The van der Waals surface area contributed by atoms with E-state index in [1.165, 1.54) is 66.9 Å². The average molecular weight is 482 g/mol. The summed E-state index contributed by atoms with van der Waals surface area (Å²) in [6, 6.07) is 15.5. The van der Waals surface area contributed by atoms with Crippen LogP contribution in [0.2, 0.25) is 5.02 Å². The van der Waals surface area contributed by atoms with Gasteiger partial charge < -0.3 is 0 Å². The van der Waals surface area contributed by atoms with Crippen LogP contribution in [0.3, 0.4) is 0 Å². The van der Waals surface area contributed by atoms with E-state index in [1.54, 1.807) is 0 Å². The number of carbonyl (C=O) groups is 1. The fourth-order valence-electron chi connectivity index (χ4n) is 2.52. The molecule has 0 unspecified atom stereocenters. The monoisotopic (exact) mass is 481 g/mol. The van der Waals surface area contributed by atoms with Crippen molar-refractivity contribution in [2.45, 2.75) is 11.1 Å². The summed E-state index contributed by atoms with van der Waals surface area (Å²) in [6.45, 7) is 0. The number of halogens is 4. The predicted molar refractivity (Wildman–Crippen MR) is 115 cm³/mol. The van der Waals surface area contributed by atoms with Crippen LogP contribution < -0.4 is 10.1 Å². The van der Waals surface area contributed by atoms with Crippen molar-refractivity contribution in [1.82, 2.24) is 5.43 Å². The Hall–Kier alpha value is -3.37. The zero-order chi connectivity index (χ0) is 23.4. The van der Waals surface area contributed by atoms with Crippen molar-refractivity contribution in [3.05, 3.63) is 94.5 Å². The SMILES string of the molecule is O=C(NN=Cc1ccc(C(F)(F)F)cc1)c1cccc(S(=O)(=O)Nc2ccc(Cl)cc2)c1. The van der Waals surface area contributed by atoms with Gasteiger partial charge >= 0.3 is 6.18 Å². The Morgan fingerprint density at radius 1 is 0.969 bits per heavy atom. The molecule has 166 valence electrons. The van der Waals surface area contributed by atoms with Crippen molar-refractivity contribution >= 4 is 39.4 Å². The van der Waals surface area contributed by atoms with E-state index >= 15 is 0 Å². The van der Waals surface area contributed by atoms with Gasteiger partial charge in [0.15, 0.2) is 0 Å². The van der Waals surface area contributed by atoms with Gasteiger partial charge in [-0.1, -0.05) is 29.8 Å².